The minimum Gasteiger partial charge on any atom is -0.496 e. The monoisotopic (exact) mass is 217 g/mol. The number of benzene rings is 1. The summed E-state index contributed by atoms with van der Waals surface area (Å²) >= 11 is 0. The Labute approximate surface area is 93.0 Å². The lowest BCUT2D eigenvalue weighted by atomic mass is 10.1. The van der Waals surface area contributed by atoms with Gasteiger partial charge >= 0.3 is 0 Å². The highest BCUT2D eigenvalue weighted by Gasteiger charge is 1.98. The second-order valence-electron chi connectivity index (χ2n) is 3.09. The largest absolute Gasteiger partial charge is 0.496 e. The molecule has 5 nitrogen and oxygen atoms in total. The van der Waals surface area contributed by atoms with Crippen LogP contribution in [0.25, 0.3) is 16.5 Å². The highest BCUT2D eigenvalue weighted by atomic mass is 16.5. The van der Waals surface area contributed by atoms with Crippen LogP contribution in [0.4, 0.5) is 0 Å². The number of nitrogens with zero attached hydrogens (tertiary/aromatic N) is 3. The van der Waals surface area contributed by atoms with Crippen LogP contribution in [0.1, 0.15) is 11.1 Å². The number of hydrogen-bond donors (Lipinski definition) is 0. The first-order valence-corrected chi connectivity index (χ1v) is 4.59. The van der Waals surface area contributed by atoms with Crippen LogP contribution in [-0.4, -0.2) is 13.0 Å². The molecule has 0 saturated carbocycles. The number of hydrogen-bond acceptors (Lipinski definition) is 2. The second-order valence-corrected chi connectivity index (χ2v) is 3.09. The number of methoxy groups -OCH3 is 1. The van der Waals surface area contributed by atoms with Gasteiger partial charge in [-0.05, 0) is 40.8 Å². The molecule has 0 spiro atoms. The van der Waals surface area contributed by atoms with Crippen LogP contribution in [0.2, 0.25) is 0 Å². The molecule has 1 rings (SSSR count). The van der Waals surface area contributed by atoms with Crippen molar-refractivity contribution in [3.05, 3.63) is 45.8 Å². The molecule has 0 aliphatic carbocycles. The highest BCUT2D eigenvalue weighted by Crippen LogP contribution is 2.19. The molecular weight excluding hydrogens is 206 g/mol. The fraction of sp³-hybridized carbons (Fsp3) is 0.182. The van der Waals surface area contributed by atoms with Crippen LogP contribution in [-0.2, 0) is 4.79 Å². The van der Waals surface area contributed by atoms with Crippen molar-refractivity contribution < 1.29 is 9.53 Å². The Hall–Kier alpha value is -2.26. The summed E-state index contributed by atoms with van der Waals surface area (Å²) in [6.45, 7) is 1.93. The Morgan fingerprint density at radius 2 is 2.31 bits per heavy atom. The van der Waals surface area contributed by atoms with E-state index in [9.17, 15) is 4.79 Å². The third-order valence-electron chi connectivity index (χ3n) is 1.99. The number of aryl methyl sites for hydroxylation is 1. The van der Waals surface area contributed by atoms with E-state index in [0.29, 0.717) is 0 Å². The second kappa shape index (κ2) is 5.58. The number of rotatable bonds is 3. The number of carbonyl (C=O) groups excluding carboxylic acids is 1. The first-order chi connectivity index (χ1) is 7.67. The number of ether oxygens (including phenoxy) is 1. The molecule has 0 heterocycles. The summed E-state index contributed by atoms with van der Waals surface area (Å²) in [5.41, 5.74) is 9.86. The van der Waals surface area contributed by atoms with Gasteiger partial charge in [-0.15, -0.1) is 0 Å². The summed E-state index contributed by atoms with van der Waals surface area (Å²) < 4.78 is 5.14. The first kappa shape index (κ1) is 11.8. The van der Waals surface area contributed by atoms with Gasteiger partial charge in [-0.25, -0.2) is 0 Å². The molecule has 0 unspecified atom stereocenters. The average molecular weight is 217 g/mol. The Morgan fingerprint density at radius 1 is 1.56 bits per heavy atom. The van der Waals surface area contributed by atoms with Crippen molar-refractivity contribution in [2.45, 2.75) is 6.92 Å². The zero-order chi connectivity index (χ0) is 12.0. The predicted molar refractivity (Wildman–Crippen MR) is 60.9 cm³/mol. The van der Waals surface area contributed by atoms with Gasteiger partial charge in [-0.3, -0.25) is 4.79 Å². The topological polar surface area (TPSA) is 75.1 Å². The number of amides is 1. The van der Waals surface area contributed by atoms with Crippen LogP contribution in [0, 0.1) is 6.92 Å². The Balaban J connectivity index is 2.90. The lowest BCUT2D eigenvalue weighted by Gasteiger charge is -2.04. The summed E-state index contributed by atoms with van der Waals surface area (Å²) in [5, 5.41) is 2.92. The molecule has 0 N–H and O–H groups in total. The van der Waals surface area contributed by atoms with Gasteiger partial charge in [0.2, 0.25) is 5.91 Å². The molecule has 0 fully saturated rings. The standard InChI is InChI=1S/C11H11N3O2/c1-8-3-4-9(7-10(8)16-2)5-6-11(15)13-14-12/h3-7H,1-2H3. The van der Waals surface area contributed by atoms with Crippen molar-refractivity contribution in [3.63, 3.8) is 0 Å². The van der Waals surface area contributed by atoms with Crippen LogP contribution >= 0.6 is 0 Å². The van der Waals surface area contributed by atoms with Gasteiger partial charge in [0.25, 0.3) is 0 Å². The van der Waals surface area contributed by atoms with Crippen LogP contribution < -0.4 is 4.74 Å². The zero-order valence-electron chi connectivity index (χ0n) is 9.04. The highest BCUT2D eigenvalue weighted by molar-refractivity contribution is 5.92. The maximum atomic E-state index is 10.9. The summed E-state index contributed by atoms with van der Waals surface area (Å²) in [6.07, 6.45) is 2.78. The van der Waals surface area contributed by atoms with Gasteiger partial charge in [0.1, 0.15) is 5.75 Å². The molecule has 0 radical (unpaired) electrons. The van der Waals surface area contributed by atoms with Crippen LogP contribution in [0.15, 0.2) is 29.4 Å². The predicted octanol–water partition coefficient (Wildman–Crippen LogP) is 2.85. The zero-order valence-corrected chi connectivity index (χ0v) is 9.04. The van der Waals surface area contributed by atoms with Crippen LogP contribution in [0.3, 0.4) is 0 Å². The Kier molecular flexibility index (Phi) is 4.12. The molecule has 0 aliphatic rings. The van der Waals surface area contributed by atoms with E-state index >= 15 is 0 Å². The van der Waals surface area contributed by atoms with E-state index in [2.05, 4.69) is 10.0 Å². The molecule has 0 saturated heterocycles. The van der Waals surface area contributed by atoms with Crippen LogP contribution in [0.5, 0.6) is 5.75 Å². The molecule has 0 atom stereocenters. The van der Waals surface area contributed by atoms with Crippen molar-refractivity contribution in [2.75, 3.05) is 7.11 Å². The number of carbonyl (C=O) groups is 1. The fourth-order valence-electron chi connectivity index (χ4n) is 1.19. The summed E-state index contributed by atoms with van der Waals surface area (Å²) in [6, 6.07) is 5.53. The van der Waals surface area contributed by atoms with Crippen molar-refractivity contribution in [1.82, 2.24) is 0 Å². The SMILES string of the molecule is COc1cc(C=CC(=O)N=[N+]=[N-])ccc1C. The third kappa shape index (κ3) is 3.15. The molecule has 0 bridgehead atoms. The molecule has 1 amide bonds. The van der Waals surface area contributed by atoms with E-state index in [-0.39, 0.29) is 0 Å². The summed E-state index contributed by atoms with van der Waals surface area (Å²) in [4.78, 5) is 13.3. The quantitative estimate of drug-likeness (QED) is 0.338. The summed E-state index contributed by atoms with van der Waals surface area (Å²) in [5.74, 6) is 0.125. The van der Waals surface area contributed by atoms with Crippen molar-refractivity contribution >= 4 is 12.0 Å². The van der Waals surface area contributed by atoms with Crippen molar-refractivity contribution in [2.24, 2.45) is 5.11 Å². The number of azide groups is 1. The van der Waals surface area contributed by atoms with E-state index in [1.165, 1.54) is 6.08 Å². The maximum absolute atomic E-state index is 10.9. The molecule has 16 heavy (non-hydrogen) atoms. The lowest BCUT2D eigenvalue weighted by molar-refractivity contribution is -0.113. The van der Waals surface area contributed by atoms with Gasteiger partial charge in [0.05, 0.1) is 7.11 Å². The van der Waals surface area contributed by atoms with E-state index in [1.54, 1.807) is 19.3 Å². The van der Waals surface area contributed by atoms with E-state index in [4.69, 9.17) is 10.3 Å². The average Bonchev–Trinajstić information content (AvgIpc) is 2.28. The van der Waals surface area contributed by atoms with E-state index in [0.717, 1.165) is 16.9 Å². The van der Waals surface area contributed by atoms with E-state index < -0.39 is 5.91 Å². The lowest BCUT2D eigenvalue weighted by Crippen LogP contribution is -1.88. The van der Waals surface area contributed by atoms with Gasteiger partial charge < -0.3 is 4.74 Å². The molecular formula is C11H11N3O2. The molecule has 1 aromatic rings. The fourth-order valence-corrected chi connectivity index (χ4v) is 1.19. The Bertz CT molecular complexity index is 474. The van der Waals surface area contributed by atoms with Gasteiger partial charge in [-0.1, -0.05) is 18.2 Å². The molecule has 0 aliphatic heterocycles. The molecule has 82 valence electrons. The van der Waals surface area contributed by atoms with Crippen molar-refractivity contribution in [1.29, 1.82) is 0 Å². The van der Waals surface area contributed by atoms with Gasteiger partial charge in [0, 0.05) is 4.91 Å². The Morgan fingerprint density at radius 3 is 2.94 bits per heavy atom. The van der Waals surface area contributed by atoms with Gasteiger partial charge in [-0.2, -0.15) is 0 Å². The summed E-state index contributed by atoms with van der Waals surface area (Å²) in [7, 11) is 1.58. The first-order valence-electron chi connectivity index (χ1n) is 4.59. The molecule has 1 aromatic carbocycles. The molecule has 5 heteroatoms. The normalized spacial score (nSPS) is 9.88. The van der Waals surface area contributed by atoms with Gasteiger partial charge in [0.15, 0.2) is 0 Å². The van der Waals surface area contributed by atoms with E-state index in [1.807, 2.05) is 19.1 Å². The molecule has 0 aromatic heterocycles. The minimum absolute atomic E-state index is 0.623. The third-order valence-corrected chi connectivity index (χ3v) is 1.99. The van der Waals surface area contributed by atoms with Crippen molar-refractivity contribution in [3.8, 4) is 5.75 Å². The smallest absolute Gasteiger partial charge is 0.242 e. The minimum atomic E-state index is -0.623. The maximum Gasteiger partial charge on any atom is 0.242 e.